The summed E-state index contributed by atoms with van der Waals surface area (Å²) >= 11 is 0. The minimum absolute atomic E-state index is 0.188. The van der Waals surface area contributed by atoms with Gasteiger partial charge in [0.2, 0.25) is 11.9 Å². The van der Waals surface area contributed by atoms with Crippen molar-refractivity contribution in [3.8, 4) is 5.95 Å². The maximum absolute atomic E-state index is 12.7. The van der Waals surface area contributed by atoms with E-state index in [0.717, 1.165) is 12.1 Å². The van der Waals surface area contributed by atoms with Crippen LogP contribution in [-0.2, 0) is 17.4 Å². The topological polar surface area (TPSA) is 72.7 Å². The maximum Gasteiger partial charge on any atom is 0.416 e. The first-order chi connectivity index (χ1) is 12.3. The molecule has 0 aliphatic heterocycles. The molecule has 2 aromatic heterocycles. The molecule has 0 aliphatic rings. The lowest BCUT2D eigenvalue weighted by Crippen LogP contribution is -2.16. The third kappa shape index (κ3) is 4.05. The second-order valence-electron chi connectivity index (χ2n) is 5.54. The number of alkyl halides is 3. The largest absolute Gasteiger partial charge is 0.416 e. The standard InChI is InChI=1S/C17H14F3N5O/c1-11-21-5-6-25(11)16-22-9-14(10-23-16)24-15(26)8-12-3-2-4-13(7-12)17(18,19)20/h2-7,9-10H,8H2,1H3,(H,24,26). The molecule has 0 radical (unpaired) electrons. The van der Waals surface area contributed by atoms with Crippen LogP contribution in [0.25, 0.3) is 5.95 Å². The number of hydrogen-bond donors (Lipinski definition) is 1. The van der Waals surface area contributed by atoms with Crippen molar-refractivity contribution < 1.29 is 18.0 Å². The van der Waals surface area contributed by atoms with Crippen molar-refractivity contribution in [2.45, 2.75) is 19.5 Å². The van der Waals surface area contributed by atoms with E-state index in [1.807, 2.05) is 0 Å². The predicted octanol–water partition coefficient (Wildman–Crippen LogP) is 3.17. The number of nitrogens with one attached hydrogen (secondary N) is 1. The molecule has 0 aliphatic carbocycles. The molecule has 6 nitrogen and oxygen atoms in total. The highest BCUT2D eigenvalue weighted by Gasteiger charge is 2.30. The van der Waals surface area contributed by atoms with Crippen LogP contribution in [0.2, 0.25) is 0 Å². The van der Waals surface area contributed by atoms with Crippen molar-refractivity contribution in [1.82, 2.24) is 19.5 Å². The van der Waals surface area contributed by atoms with Gasteiger partial charge in [0.25, 0.3) is 0 Å². The average molecular weight is 361 g/mol. The number of aromatic nitrogens is 4. The number of carbonyl (C=O) groups is 1. The van der Waals surface area contributed by atoms with Gasteiger partial charge in [0.05, 0.1) is 30.1 Å². The van der Waals surface area contributed by atoms with Gasteiger partial charge in [-0.1, -0.05) is 18.2 Å². The number of amides is 1. The second kappa shape index (κ2) is 6.95. The van der Waals surface area contributed by atoms with E-state index in [9.17, 15) is 18.0 Å². The van der Waals surface area contributed by atoms with Crippen LogP contribution >= 0.6 is 0 Å². The Bertz CT molecular complexity index is 919. The molecule has 1 N–H and O–H groups in total. The number of aryl methyl sites for hydroxylation is 1. The lowest BCUT2D eigenvalue weighted by Gasteiger charge is -2.09. The Labute approximate surface area is 146 Å². The Morgan fingerprint density at radius 1 is 1.19 bits per heavy atom. The lowest BCUT2D eigenvalue weighted by molar-refractivity contribution is -0.137. The fraction of sp³-hybridized carbons (Fsp3) is 0.176. The van der Waals surface area contributed by atoms with Gasteiger partial charge in [-0.05, 0) is 18.6 Å². The van der Waals surface area contributed by atoms with E-state index >= 15 is 0 Å². The summed E-state index contributed by atoms with van der Waals surface area (Å²) in [6.45, 7) is 1.80. The quantitative estimate of drug-likeness (QED) is 0.775. The zero-order chi connectivity index (χ0) is 18.7. The normalized spacial score (nSPS) is 11.4. The molecule has 134 valence electrons. The van der Waals surface area contributed by atoms with Crippen LogP contribution in [0.3, 0.4) is 0 Å². The van der Waals surface area contributed by atoms with Crippen molar-refractivity contribution >= 4 is 11.6 Å². The molecule has 3 aromatic rings. The number of rotatable bonds is 4. The molecular weight excluding hydrogens is 347 g/mol. The summed E-state index contributed by atoms with van der Waals surface area (Å²) in [5.74, 6) is 0.654. The Morgan fingerprint density at radius 3 is 2.54 bits per heavy atom. The van der Waals surface area contributed by atoms with Crippen molar-refractivity contribution in [1.29, 1.82) is 0 Å². The molecule has 0 fully saturated rings. The molecule has 1 aromatic carbocycles. The average Bonchev–Trinajstić information content (AvgIpc) is 3.01. The summed E-state index contributed by atoms with van der Waals surface area (Å²) < 4.78 is 39.8. The van der Waals surface area contributed by atoms with Crippen LogP contribution in [-0.4, -0.2) is 25.4 Å². The van der Waals surface area contributed by atoms with E-state index in [-0.39, 0.29) is 12.0 Å². The van der Waals surface area contributed by atoms with Gasteiger partial charge in [-0.3, -0.25) is 9.36 Å². The Kier molecular flexibility index (Phi) is 4.70. The van der Waals surface area contributed by atoms with E-state index in [1.165, 1.54) is 24.5 Å². The van der Waals surface area contributed by atoms with E-state index in [4.69, 9.17) is 0 Å². The minimum atomic E-state index is -4.44. The summed E-state index contributed by atoms with van der Waals surface area (Å²) in [7, 11) is 0. The molecule has 26 heavy (non-hydrogen) atoms. The Hall–Kier alpha value is -3.23. The third-order valence-corrected chi connectivity index (χ3v) is 3.58. The summed E-state index contributed by atoms with van der Waals surface area (Å²) in [6.07, 6.45) is 1.53. The number of nitrogens with zero attached hydrogens (tertiary/aromatic N) is 4. The van der Waals surface area contributed by atoms with Crippen molar-refractivity contribution in [2.24, 2.45) is 0 Å². The first kappa shape index (κ1) is 17.6. The molecule has 0 unspecified atom stereocenters. The minimum Gasteiger partial charge on any atom is -0.323 e. The zero-order valence-corrected chi connectivity index (χ0v) is 13.7. The van der Waals surface area contributed by atoms with Gasteiger partial charge in [0.15, 0.2) is 0 Å². The van der Waals surface area contributed by atoms with Crippen LogP contribution < -0.4 is 5.32 Å². The molecule has 3 rings (SSSR count). The van der Waals surface area contributed by atoms with E-state index < -0.39 is 17.6 Å². The number of carbonyl (C=O) groups excluding carboxylic acids is 1. The van der Waals surface area contributed by atoms with Crippen molar-refractivity contribution in [2.75, 3.05) is 5.32 Å². The van der Waals surface area contributed by atoms with Gasteiger partial charge in [-0.25, -0.2) is 15.0 Å². The molecule has 0 atom stereocenters. The van der Waals surface area contributed by atoms with Gasteiger partial charge in [-0.2, -0.15) is 13.2 Å². The molecule has 0 saturated heterocycles. The Morgan fingerprint density at radius 2 is 1.92 bits per heavy atom. The van der Waals surface area contributed by atoms with Crippen LogP contribution in [0.4, 0.5) is 18.9 Å². The molecule has 0 saturated carbocycles. The van der Waals surface area contributed by atoms with Gasteiger partial charge in [0, 0.05) is 12.4 Å². The van der Waals surface area contributed by atoms with Gasteiger partial charge < -0.3 is 5.32 Å². The number of anilines is 1. The maximum atomic E-state index is 12.7. The highest BCUT2D eigenvalue weighted by atomic mass is 19.4. The molecule has 2 heterocycles. The van der Waals surface area contributed by atoms with Gasteiger partial charge in [-0.15, -0.1) is 0 Å². The molecule has 0 spiro atoms. The third-order valence-electron chi connectivity index (χ3n) is 3.58. The second-order valence-corrected chi connectivity index (χ2v) is 5.54. The fourth-order valence-corrected chi connectivity index (χ4v) is 2.35. The van der Waals surface area contributed by atoms with Gasteiger partial charge in [0.1, 0.15) is 5.82 Å². The number of benzene rings is 1. The molecule has 0 bridgehead atoms. The smallest absolute Gasteiger partial charge is 0.323 e. The zero-order valence-electron chi connectivity index (χ0n) is 13.7. The highest BCUT2D eigenvalue weighted by molar-refractivity contribution is 5.91. The number of hydrogen-bond acceptors (Lipinski definition) is 4. The first-order valence-corrected chi connectivity index (χ1v) is 7.61. The van der Waals surface area contributed by atoms with Crippen molar-refractivity contribution in [3.63, 3.8) is 0 Å². The summed E-state index contributed by atoms with van der Waals surface area (Å²) in [6, 6.07) is 4.67. The van der Waals surface area contributed by atoms with Gasteiger partial charge >= 0.3 is 6.18 Å². The fourth-order valence-electron chi connectivity index (χ4n) is 2.35. The van der Waals surface area contributed by atoms with E-state index in [2.05, 4.69) is 20.3 Å². The van der Waals surface area contributed by atoms with Crippen LogP contribution in [0.1, 0.15) is 17.0 Å². The molecule has 1 amide bonds. The van der Waals surface area contributed by atoms with Crippen LogP contribution in [0.5, 0.6) is 0 Å². The number of imidazole rings is 1. The Balaban J connectivity index is 1.66. The van der Waals surface area contributed by atoms with Crippen molar-refractivity contribution in [3.05, 3.63) is 66.0 Å². The monoisotopic (exact) mass is 361 g/mol. The van der Waals surface area contributed by atoms with E-state index in [0.29, 0.717) is 17.5 Å². The summed E-state index contributed by atoms with van der Waals surface area (Å²) in [5.41, 5.74) is -0.168. The predicted molar refractivity (Wildman–Crippen MR) is 87.7 cm³/mol. The lowest BCUT2D eigenvalue weighted by atomic mass is 10.1. The summed E-state index contributed by atoms with van der Waals surface area (Å²) in [4.78, 5) is 24.4. The molecule has 9 heteroatoms. The highest BCUT2D eigenvalue weighted by Crippen LogP contribution is 2.29. The van der Waals surface area contributed by atoms with Crippen LogP contribution in [0, 0.1) is 6.92 Å². The SMILES string of the molecule is Cc1nccn1-c1ncc(NC(=O)Cc2cccc(C(F)(F)F)c2)cn1. The van der Waals surface area contributed by atoms with Crippen LogP contribution in [0.15, 0.2) is 49.1 Å². The first-order valence-electron chi connectivity index (χ1n) is 7.61. The number of halogens is 3. The van der Waals surface area contributed by atoms with E-state index in [1.54, 1.807) is 23.9 Å². The summed E-state index contributed by atoms with van der Waals surface area (Å²) in [5, 5.41) is 2.57. The molecular formula is C17H14F3N5O.